The third-order valence-corrected chi connectivity index (χ3v) is 3.64. The van der Waals surface area contributed by atoms with Crippen LogP contribution in [-0.2, 0) is 43.0 Å². The maximum absolute atomic E-state index is 12.5. The molecule has 0 heterocycles. The van der Waals surface area contributed by atoms with Gasteiger partial charge in [0.05, 0.1) is 19.6 Å². The van der Waals surface area contributed by atoms with Crippen molar-refractivity contribution < 1.29 is 48.1 Å². The van der Waals surface area contributed by atoms with E-state index in [9.17, 15) is 38.7 Å². The number of Topliss-reactive ketones (excluding diaryl/α,β-unsaturated/α-hetero) is 4. The normalized spacial score (nSPS) is 10.7. The predicted molar refractivity (Wildman–Crippen MR) is 92.1 cm³/mol. The number of rotatable bonds is 14. The van der Waals surface area contributed by atoms with Crippen LogP contribution in [0.15, 0.2) is 0 Å². The van der Waals surface area contributed by atoms with E-state index in [-0.39, 0.29) is 13.2 Å². The highest BCUT2D eigenvalue weighted by Gasteiger charge is 2.49. The van der Waals surface area contributed by atoms with Crippen LogP contribution < -0.4 is 0 Å². The Bertz CT molecular complexity index is 627. The average molecular weight is 400 g/mol. The fraction of sp³-hybridized carbons (Fsp3) is 0.611. The van der Waals surface area contributed by atoms with Gasteiger partial charge in [0.1, 0.15) is 35.6 Å². The van der Waals surface area contributed by atoms with Crippen molar-refractivity contribution in [3.8, 4) is 0 Å². The van der Waals surface area contributed by atoms with E-state index in [2.05, 4.69) is 9.47 Å². The lowest BCUT2D eigenvalue weighted by atomic mass is 9.72. The molecule has 0 aliphatic heterocycles. The van der Waals surface area contributed by atoms with Gasteiger partial charge >= 0.3 is 17.9 Å². The minimum Gasteiger partial charge on any atom is -0.480 e. The van der Waals surface area contributed by atoms with Crippen molar-refractivity contribution in [2.45, 2.75) is 52.9 Å². The van der Waals surface area contributed by atoms with E-state index in [4.69, 9.17) is 0 Å². The monoisotopic (exact) mass is 400 g/mol. The summed E-state index contributed by atoms with van der Waals surface area (Å²) in [7, 11) is 0. The van der Waals surface area contributed by atoms with Crippen LogP contribution in [0.25, 0.3) is 0 Å². The molecular weight excluding hydrogens is 376 g/mol. The second-order valence-electron chi connectivity index (χ2n) is 6.08. The van der Waals surface area contributed by atoms with Crippen LogP contribution in [0.3, 0.4) is 0 Å². The van der Waals surface area contributed by atoms with Gasteiger partial charge in [0.25, 0.3) is 0 Å². The Hall–Kier alpha value is -2.91. The van der Waals surface area contributed by atoms with Gasteiger partial charge in [-0.05, 0) is 20.8 Å². The molecule has 0 aliphatic carbocycles. The molecule has 0 fully saturated rings. The SMILES string of the molecule is CCOC(=O)CC(=O)CC(CC(=O)CC(=O)OCC)(C(=O)O)C(=O)CC(C)=O. The van der Waals surface area contributed by atoms with Gasteiger partial charge in [-0.3, -0.25) is 33.6 Å². The van der Waals surface area contributed by atoms with Gasteiger partial charge in [0, 0.05) is 12.8 Å². The Morgan fingerprint density at radius 1 is 0.750 bits per heavy atom. The van der Waals surface area contributed by atoms with Crippen LogP contribution in [0, 0.1) is 5.41 Å². The topological polar surface area (TPSA) is 158 Å². The van der Waals surface area contributed by atoms with E-state index in [1.54, 1.807) is 0 Å². The molecule has 0 aliphatic rings. The lowest BCUT2D eigenvalue weighted by molar-refractivity contribution is -0.162. The Kier molecular flexibility index (Phi) is 10.5. The molecule has 0 rings (SSSR count). The number of carbonyl (C=O) groups excluding carboxylic acids is 6. The lowest BCUT2D eigenvalue weighted by Crippen LogP contribution is -2.44. The third kappa shape index (κ3) is 8.19. The number of carboxylic acid groups (broad SMARTS) is 1. The molecule has 0 saturated heterocycles. The molecule has 0 aromatic heterocycles. The number of carbonyl (C=O) groups is 7. The van der Waals surface area contributed by atoms with Crippen LogP contribution in [0.2, 0.25) is 0 Å². The summed E-state index contributed by atoms with van der Waals surface area (Å²) in [6.07, 6.45) is -4.36. The molecule has 1 N–H and O–H groups in total. The van der Waals surface area contributed by atoms with Crippen molar-refractivity contribution in [1.29, 1.82) is 0 Å². The quantitative estimate of drug-likeness (QED) is 0.320. The highest BCUT2D eigenvalue weighted by molar-refractivity contribution is 6.15. The van der Waals surface area contributed by atoms with Crippen molar-refractivity contribution in [2.24, 2.45) is 5.41 Å². The van der Waals surface area contributed by atoms with E-state index in [1.165, 1.54) is 13.8 Å². The summed E-state index contributed by atoms with van der Waals surface area (Å²) in [6, 6.07) is 0. The zero-order chi connectivity index (χ0) is 21.9. The van der Waals surface area contributed by atoms with Gasteiger partial charge in [0.2, 0.25) is 0 Å². The summed E-state index contributed by atoms with van der Waals surface area (Å²) in [6.45, 7) is 4.06. The molecule has 10 nitrogen and oxygen atoms in total. The smallest absolute Gasteiger partial charge is 0.318 e. The van der Waals surface area contributed by atoms with Crippen molar-refractivity contribution in [3.63, 3.8) is 0 Å². The van der Waals surface area contributed by atoms with Crippen LogP contribution in [0.1, 0.15) is 52.9 Å². The molecule has 0 radical (unpaired) electrons. The Labute approximate surface area is 161 Å². The van der Waals surface area contributed by atoms with Crippen LogP contribution in [0.5, 0.6) is 0 Å². The van der Waals surface area contributed by atoms with E-state index >= 15 is 0 Å². The van der Waals surface area contributed by atoms with E-state index < -0.39 is 78.6 Å². The fourth-order valence-corrected chi connectivity index (χ4v) is 2.47. The standard InChI is InChI=1S/C18H24O10/c1-4-27-15(23)7-12(20)9-18(17(25)26,14(22)6-11(3)19)10-13(21)8-16(24)28-5-2/h4-10H2,1-3H3,(H,25,26). The number of esters is 2. The van der Waals surface area contributed by atoms with Crippen LogP contribution in [0.4, 0.5) is 0 Å². The molecule has 10 heteroatoms. The van der Waals surface area contributed by atoms with E-state index in [0.29, 0.717) is 0 Å². The maximum atomic E-state index is 12.5. The number of hydrogen-bond donors (Lipinski definition) is 1. The highest BCUT2D eigenvalue weighted by Crippen LogP contribution is 2.32. The molecular formula is C18H24O10. The summed E-state index contributed by atoms with van der Waals surface area (Å²) >= 11 is 0. The molecule has 0 aromatic carbocycles. The first-order chi connectivity index (χ1) is 13.0. The number of ether oxygens (including phenoxy) is 2. The van der Waals surface area contributed by atoms with Crippen LogP contribution in [-0.4, -0.2) is 59.4 Å². The molecule has 0 amide bonds. The Morgan fingerprint density at radius 3 is 1.43 bits per heavy atom. The molecule has 0 saturated carbocycles. The van der Waals surface area contributed by atoms with E-state index in [1.807, 2.05) is 0 Å². The minimum absolute atomic E-state index is 0.00250. The predicted octanol–water partition coefficient (Wildman–Crippen LogP) is 0.430. The minimum atomic E-state index is -2.56. The summed E-state index contributed by atoms with van der Waals surface area (Å²) in [5.74, 6) is -7.32. The fourth-order valence-electron chi connectivity index (χ4n) is 2.47. The molecule has 28 heavy (non-hydrogen) atoms. The largest absolute Gasteiger partial charge is 0.480 e. The van der Waals surface area contributed by atoms with Gasteiger partial charge in [-0.15, -0.1) is 0 Å². The highest BCUT2D eigenvalue weighted by atomic mass is 16.5. The summed E-state index contributed by atoms with van der Waals surface area (Å²) in [5, 5.41) is 9.61. The maximum Gasteiger partial charge on any atom is 0.318 e. The summed E-state index contributed by atoms with van der Waals surface area (Å²) < 4.78 is 9.20. The second-order valence-corrected chi connectivity index (χ2v) is 6.08. The first-order valence-corrected chi connectivity index (χ1v) is 8.59. The lowest BCUT2D eigenvalue weighted by Gasteiger charge is -2.26. The zero-order valence-electron chi connectivity index (χ0n) is 16.1. The van der Waals surface area contributed by atoms with Gasteiger partial charge < -0.3 is 14.6 Å². The number of ketones is 4. The van der Waals surface area contributed by atoms with Gasteiger partial charge in [-0.1, -0.05) is 0 Å². The molecule has 156 valence electrons. The third-order valence-electron chi connectivity index (χ3n) is 3.64. The van der Waals surface area contributed by atoms with Crippen molar-refractivity contribution in [2.75, 3.05) is 13.2 Å². The first-order valence-electron chi connectivity index (χ1n) is 8.59. The first kappa shape index (κ1) is 25.1. The Balaban J connectivity index is 5.67. The summed E-state index contributed by atoms with van der Waals surface area (Å²) in [4.78, 5) is 82.8. The molecule has 0 bridgehead atoms. The molecule has 0 unspecified atom stereocenters. The number of aliphatic carboxylic acids is 1. The number of hydrogen-bond acceptors (Lipinski definition) is 9. The van der Waals surface area contributed by atoms with Crippen molar-refractivity contribution >= 4 is 41.0 Å². The van der Waals surface area contributed by atoms with Gasteiger partial charge in [0.15, 0.2) is 5.78 Å². The van der Waals surface area contributed by atoms with Gasteiger partial charge in [-0.2, -0.15) is 0 Å². The summed E-state index contributed by atoms with van der Waals surface area (Å²) in [5.41, 5.74) is -2.56. The molecule has 0 atom stereocenters. The average Bonchev–Trinajstić information content (AvgIpc) is 2.53. The zero-order valence-corrected chi connectivity index (χ0v) is 16.1. The van der Waals surface area contributed by atoms with Crippen molar-refractivity contribution in [3.05, 3.63) is 0 Å². The van der Waals surface area contributed by atoms with Crippen molar-refractivity contribution in [1.82, 2.24) is 0 Å². The Morgan fingerprint density at radius 2 is 1.14 bits per heavy atom. The van der Waals surface area contributed by atoms with Gasteiger partial charge in [-0.25, -0.2) is 0 Å². The second kappa shape index (κ2) is 11.7. The van der Waals surface area contributed by atoms with E-state index in [0.717, 1.165) is 6.92 Å². The number of carboxylic acids is 1. The molecule has 0 aromatic rings. The molecule has 0 spiro atoms. The van der Waals surface area contributed by atoms with Crippen LogP contribution >= 0.6 is 0 Å².